The molecule has 0 spiro atoms. The predicted octanol–water partition coefficient (Wildman–Crippen LogP) is 5.41. The fraction of sp³-hybridized carbons (Fsp3) is 0.200. The van der Waals surface area contributed by atoms with Crippen molar-refractivity contribution >= 4 is 5.57 Å². The Morgan fingerprint density at radius 3 is 2.45 bits per heavy atom. The first-order chi connectivity index (χ1) is 10.6. The molecule has 2 heteroatoms. The van der Waals surface area contributed by atoms with Crippen LogP contribution in [0.4, 0.5) is 0 Å². The van der Waals surface area contributed by atoms with E-state index in [9.17, 15) is 0 Å². The highest BCUT2D eigenvalue weighted by Gasteiger charge is 2.10. The summed E-state index contributed by atoms with van der Waals surface area (Å²) in [5, 5.41) is 0. The van der Waals surface area contributed by atoms with Crippen LogP contribution in [0.25, 0.3) is 16.8 Å². The zero-order valence-electron chi connectivity index (χ0n) is 13.5. The van der Waals surface area contributed by atoms with Crippen molar-refractivity contribution in [3.05, 3.63) is 78.8 Å². The molecule has 0 saturated heterocycles. The average Bonchev–Trinajstić information content (AvgIpc) is 2.55. The van der Waals surface area contributed by atoms with Crippen molar-refractivity contribution in [2.24, 2.45) is 0 Å². The first-order valence-electron chi connectivity index (χ1n) is 7.55. The topological polar surface area (TPSA) is 25.8 Å². The van der Waals surface area contributed by atoms with E-state index < -0.39 is 0 Å². The largest absolute Gasteiger partial charge is 0.233 e. The number of hydrogen-bond donors (Lipinski definition) is 0. The fourth-order valence-corrected chi connectivity index (χ4v) is 2.01. The van der Waals surface area contributed by atoms with E-state index in [-0.39, 0.29) is 5.92 Å². The van der Waals surface area contributed by atoms with Gasteiger partial charge in [-0.15, -0.1) is 0 Å². The number of benzene rings is 1. The molecule has 0 bridgehead atoms. The molecule has 0 aliphatic heterocycles. The van der Waals surface area contributed by atoms with E-state index in [1.807, 2.05) is 55.5 Å². The van der Waals surface area contributed by atoms with Gasteiger partial charge >= 0.3 is 0 Å². The second-order valence-electron chi connectivity index (χ2n) is 5.43. The van der Waals surface area contributed by atoms with Gasteiger partial charge in [-0.2, -0.15) is 0 Å². The Hall–Kier alpha value is -2.48. The molecule has 0 saturated carbocycles. The van der Waals surface area contributed by atoms with Crippen LogP contribution in [0.1, 0.15) is 38.2 Å². The van der Waals surface area contributed by atoms with Crippen LogP contribution in [0.15, 0.2) is 67.3 Å². The van der Waals surface area contributed by atoms with Crippen LogP contribution < -0.4 is 0 Å². The van der Waals surface area contributed by atoms with Crippen molar-refractivity contribution in [2.75, 3.05) is 0 Å². The van der Waals surface area contributed by atoms with Crippen LogP contribution in [0.2, 0.25) is 0 Å². The van der Waals surface area contributed by atoms with Crippen molar-refractivity contribution in [1.82, 2.24) is 9.97 Å². The van der Waals surface area contributed by atoms with Gasteiger partial charge in [-0.25, -0.2) is 9.97 Å². The lowest BCUT2D eigenvalue weighted by atomic mass is 10.1. The molecule has 2 rings (SSSR count). The Kier molecular flexibility index (Phi) is 5.42. The van der Waals surface area contributed by atoms with E-state index in [0.717, 1.165) is 28.3 Å². The zero-order valence-corrected chi connectivity index (χ0v) is 13.5. The Labute approximate surface area is 133 Å². The highest BCUT2D eigenvalue weighted by molar-refractivity contribution is 5.73. The van der Waals surface area contributed by atoms with Crippen molar-refractivity contribution < 1.29 is 0 Å². The maximum atomic E-state index is 4.69. The number of hydrogen-bond acceptors (Lipinski definition) is 2. The SMILES string of the molecule is C=C(/C=C\C=C/C)c1cc(-c2ccccc2)nc(C(C)C)n1. The molecule has 1 aromatic carbocycles. The average molecular weight is 290 g/mol. The van der Waals surface area contributed by atoms with E-state index in [0.29, 0.717) is 0 Å². The zero-order chi connectivity index (χ0) is 15.9. The first kappa shape index (κ1) is 15.9. The maximum absolute atomic E-state index is 4.69. The lowest BCUT2D eigenvalue weighted by Crippen LogP contribution is -2.02. The standard InChI is InChI=1S/C20H22N2/c1-5-6-8-11-16(4)18-14-19(17-12-9-7-10-13-17)22-20(21-18)15(2)3/h5-15H,4H2,1-3H3/b6-5-,11-8-. The molecule has 0 aliphatic rings. The second kappa shape index (κ2) is 7.51. The summed E-state index contributed by atoms with van der Waals surface area (Å²) in [5.41, 5.74) is 3.80. The summed E-state index contributed by atoms with van der Waals surface area (Å²) in [4.78, 5) is 9.34. The summed E-state index contributed by atoms with van der Waals surface area (Å²) < 4.78 is 0. The lowest BCUT2D eigenvalue weighted by molar-refractivity contribution is 0.773. The van der Waals surface area contributed by atoms with Gasteiger partial charge in [0.15, 0.2) is 0 Å². The highest BCUT2D eigenvalue weighted by atomic mass is 14.9. The summed E-state index contributed by atoms with van der Waals surface area (Å²) >= 11 is 0. The van der Waals surface area contributed by atoms with Gasteiger partial charge in [-0.1, -0.05) is 75.1 Å². The molecule has 0 N–H and O–H groups in total. The predicted molar refractivity (Wildman–Crippen MR) is 94.5 cm³/mol. The number of nitrogens with zero attached hydrogens (tertiary/aromatic N) is 2. The molecule has 0 unspecified atom stereocenters. The molecule has 0 fully saturated rings. The van der Waals surface area contributed by atoms with Gasteiger partial charge in [0.1, 0.15) is 5.82 Å². The highest BCUT2D eigenvalue weighted by Crippen LogP contribution is 2.23. The molecule has 1 heterocycles. The molecule has 112 valence electrons. The lowest BCUT2D eigenvalue weighted by Gasteiger charge is -2.10. The van der Waals surface area contributed by atoms with E-state index >= 15 is 0 Å². The van der Waals surface area contributed by atoms with Crippen LogP contribution in [0.5, 0.6) is 0 Å². The van der Waals surface area contributed by atoms with Crippen LogP contribution >= 0.6 is 0 Å². The molecule has 0 amide bonds. The smallest absolute Gasteiger partial charge is 0.132 e. The summed E-state index contributed by atoms with van der Waals surface area (Å²) in [6.07, 6.45) is 7.91. The van der Waals surface area contributed by atoms with Crippen LogP contribution in [0.3, 0.4) is 0 Å². The molecular weight excluding hydrogens is 268 g/mol. The number of allylic oxidation sites excluding steroid dienone is 5. The normalized spacial score (nSPS) is 11.6. The minimum Gasteiger partial charge on any atom is -0.233 e. The van der Waals surface area contributed by atoms with Gasteiger partial charge in [-0.3, -0.25) is 0 Å². The molecule has 22 heavy (non-hydrogen) atoms. The van der Waals surface area contributed by atoms with Crippen molar-refractivity contribution in [1.29, 1.82) is 0 Å². The summed E-state index contributed by atoms with van der Waals surface area (Å²) in [7, 11) is 0. The van der Waals surface area contributed by atoms with Gasteiger partial charge in [0.05, 0.1) is 11.4 Å². The third kappa shape index (κ3) is 4.01. The third-order valence-corrected chi connectivity index (χ3v) is 3.26. The maximum Gasteiger partial charge on any atom is 0.132 e. The Balaban J connectivity index is 2.46. The first-order valence-corrected chi connectivity index (χ1v) is 7.55. The van der Waals surface area contributed by atoms with Crippen LogP contribution in [0, 0.1) is 0 Å². The Morgan fingerprint density at radius 1 is 1.09 bits per heavy atom. The van der Waals surface area contributed by atoms with Crippen LogP contribution in [-0.2, 0) is 0 Å². The number of rotatable bonds is 5. The summed E-state index contributed by atoms with van der Waals surface area (Å²) in [6.45, 7) is 10.3. The Bertz CT molecular complexity index is 695. The van der Waals surface area contributed by atoms with E-state index in [4.69, 9.17) is 4.98 Å². The van der Waals surface area contributed by atoms with Gasteiger partial charge in [0.2, 0.25) is 0 Å². The van der Waals surface area contributed by atoms with Crippen molar-refractivity contribution in [3.8, 4) is 11.3 Å². The molecule has 0 radical (unpaired) electrons. The molecule has 2 nitrogen and oxygen atoms in total. The van der Waals surface area contributed by atoms with Gasteiger partial charge in [-0.05, 0) is 18.6 Å². The van der Waals surface area contributed by atoms with Crippen molar-refractivity contribution in [3.63, 3.8) is 0 Å². The van der Waals surface area contributed by atoms with Crippen LogP contribution in [-0.4, -0.2) is 9.97 Å². The third-order valence-electron chi connectivity index (χ3n) is 3.26. The Morgan fingerprint density at radius 2 is 1.82 bits per heavy atom. The van der Waals surface area contributed by atoms with E-state index in [1.54, 1.807) is 0 Å². The molecule has 0 aliphatic carbocycles. The molecule has 1 aromatic heterocycles. The molecular formula is C20H22N2. The summed E-state index contributed by atoms with van der Waals surface area (Å²) in [6, 6.07) is 12.2. The quantitative estimate of drug-likeness (QED) is 0.688. The van der Waals surface area contributed by atoms with Gasteiger partial charge < -0.3 is 0 Å². The monoisotopic (exact) mass is 290 g/mol. The minimum absolute atomic E-state index is 0.273. The van der Waals surface area contributed by atoms with E-state index in [1.165, 1.54) is 0 Å². The minimum atomic E-state index is 0.273. The van der Waals surface area contributed by atoms with Crippen molar-refractivity contribution in [2.45, 2.75) is 26.7 Å². The van der Waals surface area contributed by atoms with Gasteiger partial charge in [0.25, 0.3) is 0 Å². The van der Waals surface area contributed by atoms with E-state index in [2.05, 4.69) is 37.5 Å². The fourth-order valence-electron chi connectivity index (χ4n) is 2.01. The molecule has 0 atom stereocenters. The van der Waals surface area contributed by atoms with Gasteiger partial charge in [0, 0.05) is 11.5 Å². The molecule has 2 aromatic rings. The number of aromatic nitrogens is 2. The second-order valence-corrected chi connectivity index (χ2v) is 5.43. The summed E-state index contributed by atoms with van der Waals surface area (Å²) in [5.74, 6) is 1.12.